The molecule has 0 spiro atoms. The van der Waals surface area contributed by atoms with Crippen molar-refractivity contribution in [2.45, 2.75) is 20.5 Å². The maximum atomic E-state index is 13.2. The van der Waals surface area contributed by atoms with Gasteiger partial charge in [-0.25, -0.2) is 9.69 Å². The molecule has 1 aliphatic heterocycles. The summed E-state index contributed by atoms with van der Waals surface area (Å²) < 4.78 is 12.8. The van der Waals surface area contributed by atoms with Crippen LogP contribution in [0.5, 0.6) is 11.5 Å². The van der Waals surface area contributed by atoms with Crippen LogP contribution in [0.3, 0.4) is 0 Å². The molecular formula is C27H22ClIN2O5. The van der Waals surface area contributed by atoms with E-state index >= 15 is 0 Å². The number of nitrogens with one attached hydrogen (secondary N) is 1. The first kappa shape index (κ1) is 25.7. The lowest BCUT2D eigenvalue weighted by atomic mass is 10.1. The summed E-state index contributed by atoms with van der Waals surface area (Å²) >= 11 is 8.76. The molecule has 184 valence electrons. The van der Waals surface area contributed by atoms with E-state index < -0.39 is 17.8 Å². The van der Waals surface area contributed by atoms with Gasteiger partial charge >= 0.3 is 6.03 Å². The summed E-state index contributed by atoms with van der Waals surface area (Å²) in [7, 11) is 0. The van der Waals surface area contributed by atoms with Crippen LogP contribution in [-0.2, 0) is 16.2 Å². The number of anilines is 1. The lowest BCUT2D eigenvalue weighted by Crippen LogP contribution is -2.54. The van der Waals surface area contributed by atoms with Gasteiger partial charge in [-0.2, -0.15) is 0 Å². The summed E-state index contributed by atoms with van der Waals surface area (Å²) in [4.78, 5) is 39.1. The molecule has 1 N–H and O–H groups in total. The molecule has 1 fully saturated rings. The number of hydrogen-bond acceptors (Lipinski definition) is 5. The van der Waals surface area contributed by atoms with Crippen molar-refractivity contribution in [3.8, 4) is 11.5 Å². The predicted octanol–water partition coefficient (Wildman–Crippen LogP) is 5.90. The minimum atomic E-state index is -0.807. The first-order valence-electron chi connectivity index (χ1n) is 11.1. The van der Waals surface area contributed by atoms with Gasteiger partial charge in [0, 0.05) is 3.57 Å². The third kappa shape index (κ3) is 5.71. The molecule has 3 aromatic carbocycles. The number of hydrogen-bond donors (Lipinski definition) is 1. The number of amides is 4. The quantitative estimate of drug-likeness (QED) is 0.203. The molecule has 4 amide bonds. The van der Waals surface area contributed by atoms with Gasteiger partial charge in [-0.1, -0.05) is 41.4 Å². The summed E-state index contributed by atoms with van der Waals surface area (Å²) in [6.07, 6.45) is 1.38. The molecular weight excluding hydrogens is 595 g/mol. The molecule has 0 bridgehead atoms. The molecule has 1 heterocycles. The number of urea groups is 1. The SMILES string of the molecule is CCOc1cc(/C=C2\C(=O)NC(=O)N(c3ccc(C)cc3)C2=O)cc(Cl)c1OCc1ccc(I)cc1. The van der Waals surface area contributed by atoms with Crippen LogP contribution in [0.2, 0.25) is 5.02 Å². The van der Waals surface area contributed by atoms with Crippen LogP contribution in [-0.4, -0.2) is 24.5 Å². The number of rotatable bonds is 7. The Bertz CT molecular complexity index is 1350. The predicted molar refractivity (Wildman–Crippen MR) is 146 cm³/mol. The Balaban J connectivity index is 1.65. The van der Waals surface area contributed by atoms with E-state index in [4.69, 9.17) is 21.1 Å². The minimum Gasteiger partial charge on any atom is -0.490 e. The lowest BCUT2D eigenvalue weighted by molar-refractivity contribution is -0.122. The van der Waals surface area contributed by atoms with Crippen molar-refractivity contribution in [2.75, 3.05) is 11.5 Å². The molecule has 1 saturated heterocycles. The zero-order chi connectivity index (χ0) is 25.8. The van der Waals surface area contributed by atoms with E-state index in [0.717, 1.165) is 19.6 Å². The van der Waals surface area contributed by atoms with Gasteiger partial charge in [-0.3, -0.25) is 14.9 Å². The number of aryl methyl sites for hydroxylation is 1. The van der Waals surface area contributed by atoms with Crippen molar-refractivity contribution in [2.24, 2.45) is 0 Å². The molecule has 7 nitrogen and oxygen atoms in total. The van der Waals surface area contributed by atoms with E-state index in [1.807, 2.05) is 38.1 Å². The molecule has 3 aromatic rings. The van der Waals surface area contributed by atoms with Gasteiger partial charge in [0.05, 0.1) is 17.3 Å². The van der Waals surface area contributed by atoms with E-state index in [-0.39, 0.29) is 17.2 Å². The second-order valence-corrected chi connectivity index (χ2v) is 9.62. The molecule has 1 aliphatic rings. The number of barbiturate groups is 1. The number of benzene rings is 3. The fraction of sp³-hybridized carbons (Fsp3) is 0.148. The summed E-state index contributed by atoms with van der Waals surface area (Å²) in [5.41, 5.74) is 2.53. The van der Waals surface area contributed by atoms with Crippen molar-refractivity contribution in [3.05, 3.63) is 91.5 Å². The van der Waals surface area contributed by atoms with E-state index in [2.05, 4.69) is 27.9 Å². The second kappa shape index (κ2) is 11.1. The Morgan fingerprint density at radius 3 is 2.36 bits per heavy atom. The smallest absolute Gasteiger partial charge is 0.335 e. The second-order valence-electron chi connectivity index (χ2n) is 7.97. The molecule has 0 unspecified atom stereocenters. The fourth-order valence-corrected chi connectivity index (χ4v) is 4.20. The minimum absolute atomic E-state index is 0.207. The molecule has 0 atom stereocenters. The van der Waals surface area contributed by atoms with Crippen molar-refractivity contribution in [1.82, 2.24) is 5.32 Å². The molecule has 0 aromatic heterocycles. The van der Waals surface area contributed by atoms with E-state index in [1.54, 1.807) is 36.4 Å². The third-order valence-corrected chi connectivity index (χ3v) is 6.33. The number of ether oxygens (including phenoxy) is 2. The standard InChI is InChI=1S/C27H22ClIN2O5/c1-3-35-23-14-18(13-22(28)24(23)36-15-17-6-8-19(29)9-7-17)12-21-25(32)30-27(34)31(26(21)33)20-10-4-16(2)5-11-20/h4-14H,3,15H2,1-2H3,(H,30,32,34)/b21-12+. The summed E-state index contributed by atoms with van der Waals surface area (Å²) in [5.74, 6) is -0.796. The highest BCUT2D eigenvalue weighted by Crippen LogP contribution is 2.38. The largest absolute Gasteiger partial charge is 0.490 e. The van der Waals surface area contributed by atoms with Gasteiger partial charge in [0.25, 0.3) is 11.8 Å². The van der Waals surface area contributed by atoms with Crippen molar-refractivity contribution >= 4 is 63.8 Å². The maximum absolute atomic E-state index is 13.2. The Kier molecular flexibility index (Phi) is 7.95. The number of imide groups is 2. The van der Waals surface area contributed by atoms with Crippen LogP contribution in [0.25, 0.3) is 6.08 Å². The Hall–Kier alpha value is -3.37. The first-order valence-corrected chi connectivity index (χ1v) is 12.5. The highest BCUT2D eigenvalue weighted by atomic mass is 127. The first-order chi connectivity index (χ1) is 17.3. The zero-order valence-corrected chi connectivity index (χ0v) is 22.4. The van der Waals surface area contributed by atoms with Gasteiger partial charge in [-0.05, 0) is 90.0 Å². The molecule has 0 aliphatic carbocycles. The average molecular weight is 617 g/mol. The van der Waals surface area contributed by atoms with Crippen LogP contribution in [0.1, 0.15) is 23.6 Å². The van der Waals surface area contributed by atoms with Crippen LogP contribution in [0, 0.1) is 10.5 Å². The fourth-order valence-electron chi connectivity index (χ4n) is 3.56. The molecule has 36 heavy (non-hydrogen) atoms. The van der Waals surface area contributed by atoms with Crippen LogP contribution < -0.4 is 19.7 Å². The van der Waals surface area contributed by atoms with Gasteiger partial charge < -0.3 is 9.47 Å². The molecule has 4 rings (SSSR count). The van der Waals surface area contributed by atoms with Crippen molar-refractivity contribution in [3.63, 3.8) is 0 Å². The Morgan fingerprint density at radius 2 is 1.69 bits per heavy atom. The number of halogens is 2. The Morgan fingerprint density at radius 1 is 1.00 bits per heavy atom. The van der Waals surface area contributed by atoms with Gasteiger partial charge in [0.2, 0.25) is 0 Å². The lowest BCUT2D eigenvalue weighted by Gasteiger charge is -2.26. The van der Waals surface area contributed by atoms with Gasteiger partial charge in [0.15, 0.2) is 11.5 Å². The average Bonchev–Trinajstić information content (AvgIpc) is 2.83. The molecule has 0 saturated carbocycles. The summed E-state index contributed by atoms with van der Waals surface area (Å²) in [5, 5.41) is 2.48. The summed E-state index contributed by atoms with van der Waals surface area (Å²) in [6.45, 7) is 4.35. The van der Waals surface area contributed by atoms with Crippen LogP contribution >= 0.6 is 34.2 Å². The van der Waals surface area contributed by atoms with E-state index in [0.29, 0.717) is 29.4 Å². The number of carbonyl (C=O) groups is 3. The zero-order valence-electron chi connectivity index (χ0n) is 19.5. The highest BCUT2D eigenvalue weighted by Gasteiger charge is 2.36. The van der Waals surface area contributed by atoms with Crippen LogP contribution in [0.4, 0.5) is 10.5 Å². The highest BCUT2D eigenvalue weighted by molar-refractivity contribution is 14.1. The van der Waals surface area contributed by atoms with E-state index in [9.17, 15) is 14.4 Å². The van der Waals surface area contributed by atoms with Gasteiger partial charge in [0.1, 0.15) is 12.2 Å². The van der Waals surface area contributed by atoms with Crippen molar-refractivity contribution in [1.29, 1.82) is 0 Å². The molecule has 0 radical (unpaired) electrons. The Labute approximate surface area is 227 Å². The third-order valence-electron chi connectivity index (χ3n) is 5.33. The number of carbonyl (C=O) groups excluding carboxylic acids is 3. The van der Waals surface area contributed by atoms with Crippen LogP contribution in [0.15, 0.2) is 66.2 Å². The van der Waals surface area contributed by atoms with E-state index in [1.165, 1.54) is 6.08 Å². The molecule has 9 heteroatoms. The normalized spacial score (nSPS) is 14.7. The maximum Gasteiger partial charge on any atom is 0.335 e. The summed E-state index contributed by atoms with van der Waals surface area (Å²) in [6, 6.07) is 17.1. The topological polar surface area (TPSA) is 84.9 Å². The monoisotopic (exact) mass is 616 g/mol. The van der Waals surface area contributed by atoms with Crippen molar-refractivity contribution < 1.29 is 23.9 Å². The van der Waals surface area contributed by atoms with Gasteiger partial charge in [-0.15, -0.1) is 0 Å². The number of nitrogens with zero attached hydrogens (tertiary/aromatic N) is 1.